The maximum Gasteiger partial charge on any atom is 0.0575 e. The molecular formula is C8H16O2. The van der Waals surface area contributed by atoms with E-state index in [1.807, 2.05) is 0 Å². The van der Waals surface area contributed by atoms with Gasteiger partial charge in [0.1, 0.15) is 0 Å². The second-order valence-corrected chi connectivity index (χ2v) is 3.22. The van der Waals surface area contributed by atoms with Crippen molar-refractivity contribution in [3.8, 4) is 0 Å². The van der Waals surface area contributed by atoms with E-state index in [1.165, 1.54) is 0 Å². The number of rotatable bonds is 1. The van der Waals surface area contributed by atoms with Crippen molar-refractivity contribution in [3.05, 3.63) is 0 Å². The van der Waals surface area contributed by atoms with Gasteiger partial charge in [-0.3, -0.25) is 0 Å². The van der Waals surface area contributed by atoms with Crippen molar-refractivity contribution in [2.75, 3.05) is 7.11 Å². The van der Waals surface area contributed by atoms with Crippen molar-refractivity contribution in [1.82, 2.24) is 0 Å². The van der Waals surface area contributed by atoms with Gasteiger partial charge in [0.2, 0.25) is 0 Å². The summed E-state index contributed by atoms with van der Waals surface area (Å²) in [6, 6.07) is 0. The standard InChI is InChI=1S/C8H16O2/c1-6-5-7(10-2)3-4-8(6)9/h6-9H,3-5H2,1-2H3. The molecule has 0 saturated heterocycles. The quantitative estimate of drug-likeness (QED) is 0.599. The zero-order valence-electron chi connectivity index (χ0n) is 6.71. The Bertz CT molecular complexity index is 103. The van der Waals surface area contributed by atoms with Crippen molar-refractivity contribution in [1.29, 1.82) is 0 Å². The normalized spacial score (nSPS) is 41.7. The molecule has 1 aliphatic rings. The molecule has 1 fully saturated rings. The first-order chi connectivity index (χ1) is 4.74. The maximum atomic E-state index is 9.34. The van der Waals surface area contributed by atoms with Crippen LogP contribution in [0.5, 0.6) is 0 Å². The van der Waals surface area contributed by atoms with Gasteiger partial charge in [-0.25, -0.2) is 0 Å². The van der Waals surface area contributed by atoms with Crippen molar-refractivity contribution in [3.63, 3.8) is 0 Å². The molecule has 0 amide bonds. The van der Waals surface area contributed by atoms with Crippen LogP contribution in [0.15, 0.2) is 0 Å². The smallest absolute Gasteiger partial charge is 0.0575 e. The molecule has 1 saturated carbocycles. The molecule has 0 aromatic carbocycles. The third-order valence-electron chi connectivity index (χ3n) is 2.41. The van der Waals surface area contributed by atoms with Crippen LogP contribution in [-0.2, 0) is 4.74 Å². The van der Waals surface area contributed by atoms with E-state index in [4.69, 9.17) is 4.74 Å². The molecule has 0 aromatic heterocycles. The Morgan fingerprint density at radius 1 is 1.40 bits per heavy atom. The zero-order chi connectivity index (χ0) is 7.56. The molecule has 2 nitrogen and oxygen atoms in total. The fraction of sp³-hybridized carbons (Fsp3) is 1.00. The summed E-state index contributed by atoms with van der Waals surface area (Å²) in [5.74, 6) is 0.415. The van der Waals surface area contributed by atoms with Gasteiger partial charge < -0.3 is 9.84 Å². The van der Waals surface area contributed by atoms with E-state index >= 15 is 0 Å². The van der Waals surface area contributed by atoms with Gasteiger partial charge in [-0.1, -0.05) is 6.92 Å². The van der Waals surface area contributed by atoms with Gasteiger partial charge in [0, 0.05) is 7.11 Å². The number of aliphatic hydroxyl groups is 1. The molecule has 0 aromatic rings. The van der Waals surface area contributed by atoms with Crippen molar-refractivity contribution < 1.29 is 9.84 Å². The van der Waals surface area contributed by atoms with E-state index in [1.54, 1.807) is 7.11 Å². The summed E-state index contributed by atoms with van der Waals surface area (Å²) in [5.41, 5.74) is 0. The third kappa shape index (κ3) is 1.70. The molecular weight excluding hydrogens is 128 g/mol. The fourth-order valence-corrected chi connectivity index (χ4v) is 1.54. The van der Waals surface area contributed by atoms with Gasteiger partial charge in [0.25, 0.3) is 0 Å². The predicted molar refractivity (Wildman–Crippen MR) is 39.8 cm³/mol. The van der Waals surface area contributed by atoms with Gasteiger partial charge in [0.05, 0.1) is 12.2 Å². The summed E-state index contributed by atoms with van der Waals surface area (Å²) in [6.45, 7) is 2.08. The molecule has 0 bridgehead atoms. The van der Waals surface area contributed by atoms with Crippen LogP contribution < -0.4 is 0 Å². The average Bonchev–Trinajstić information content (AvgIpc) is 1.95. The highest BCUT2D eigenvalue weighted by atomic mass is 16.5. The number of ether oxygens (including phenoxy) is 1. The molecule has 1 aliphatic carbocycles. The lowest BCUT2D eigenvalue weighted by atomic mass is 9.86. The van der Waals surface area contributed by atoms with Crippen LogP contribution in [0.1, 0.15) is 26.2 Å². The van der Waals surface area contributed by atoms with Crippen molar-refractivity contribution >= 4 is 0 Å². The first kappa shape index (κ1) is 8.02. The highest BCUT2D eigenvalue weighted by Gasteiger charge is 2.25. The Hall–Kier alpha value is -0.0800. The zero-order valence-corrected chi connectivity index (χ0v) is 6.71. The number of hydrogen-bond acceptors (Lipinski definition) is 2. The highest BCUT2D eigenvalue weighted by Crippen LogP contribution is 2.25. The van der Waals surface area contributed by atoms with Crippen LogP contribution in [0.3, 0.4) is 0 Å². The molecule has 1 N–H and O–H groups in total. The Kier molecular flexibility index (Phi) is 2.69. The topological polar surface area (TPSA) is 29.5 Å². The van der Waals surface area contributed by atoms with Crippen molar-refractivity contribution in [2.45, 2.75) is 38.4 Å². The first-order valence-electron chi connectivity index (χ1n) is 3.95. The van der Waals surface area contributed by atoms with E-state index in [-0.39, 0.29) is 6.10 Å². The summed E-state index contributed by atoms with van der Waals surface area (Å²) in [7, 11) is 1.75. The minimum absolute atomic E-state index is 0.0913. The molecule has 3 atom stereocenters. The lowest BCUT2D eigenvalue weighted by Gasteiger charge is -2.29. The summed E-state index contributed by atoms with van der Waals surface area (Å²) in [4.78, 5) is 0. The maximum absolute atomic E-state index is 9.34. The van der Waals surface area contributed by atoms with Gasteiger partial charge in [-0.15, -0.1) is 0 Å². The molecule has 10 heavy (non-hydrogen) atoms. The lowest BCUT2D eigenvalue weighted by molar-refractivity contribution is -0.00770. The van der Waals surface area contributed by atoms with E-state index in [0.29, 0.717) is 12.0 Å². The SMILES string of the molecule is COC1CCC(O)C(C)C1. The lowest BCUT2D eigenvalue weighted by Crippen LogP contribution is -2.30. The van der Waals surface area contributed by atoms with Crippen LogP contribution in [0.4, 0.5) is 0 Å². The Morgan fingerprint density at radius 2 is 2.10 bits per heavy atom. The molecule has 3 unspecified atom stereocenters. The Morgan fingerprint density at radius 3 is 2.60 bits per heavy atom. The number of methoxy groups -OCH3 is 1. The fourth-order valence-electron chi connectivity index (χ4n) is 1.54. The molecule has 0 aliphatic heterocycles. The molecule has 0 radical (unpaired) electrons. The van der Waals surface area contributed by atoms with Crippen LogP contribution in [0.2, 0.25) is 0 Å². The second-order valence-electron chi connectivity index (χ2n) is 3.22. The molecule has 60 valence electrons. The third-order valence-corrected chi connectivity index (χ3v) is 2.41. The number of aliphatic hydroxyl groups excluding tert-OH is 1. The van der Waals surface area contributed by atoms with E-state index in [2.05, 4.69) is 6.92 Å². The largest absolute Gasteiger partial charge is 0.393 e. The first-order valence-corrected chi connectivity index (χ1v) is 3.95. The summed E-state index contributed by atoms with van der Waals surface area (Å²) < 4.78 is 5.20. The monoisotopic (exact) mass is 144 g/mol. The van der Waals surface area contributed by atoms with Gasteiger partial charge >= 0.3 is 0 Å². The summed E-state index contributed by atoms with van der Waals surface area (Å²) in [6.07, 6.45) is 3.23. The summed E-state index contributed by atoms with van der Waals surface area (Å²) >= 11 is 0. The summed E-state index contributed by atoms with van der Waals surface area (Å²) in [5, 5.41) is 9.34. The Labute approximate surface area is 62.2 Å². The van der Waals surface area contributed by atoms with Crippen LogP contribution >= 0.6 is 0 Å². The highest BCUT2D eigenvalue weighted by molar-refractivity contribution is 4.76. The molecule has 0 spiro atoms. The van der Waals surface area contributed by atoms with Crippen LogP contribution in [0, 0.1) is 5.92 Å². The van der Waals surface area contributed by atoms with E-state index in [0.717, 1.165) is 19.3 Å². The van der Waals surface area contributed by atoms with E-state index in [9.17, 15) is 5.11 Å². The van der Waals surface area contributed by atoms with Crippen LogP contribution in [-0.4, -0.2) is 24.4 Å². The van der Waals surface area contributed by atoms with Crippen molar-refractivity contribution in [2.24, 2.45) is 5.92 Å². The predicted octanol–water partition coefficient (Wildman–Crippen LogP) is 1.18. The Balaban J connectivity index is 2.33. The van der Waals surface area contributed by atoms with Gasteiger partial charge in [-0.05, 0) is 25.2 Å². The van der Waals surface area contributed by atoms with Crippen LogP contribution in [0.25, 0.3) is 0 Å². The van der Waals surface area contributed by atoms with Gasteiger partial charge in [-0.2, -0.15) is 0 Å². The minimum Gasteiger partial charge on any atom is -0.393 e. The molecule has 2 heteroatoms. The minimum atomic E-state index is -0.0913. The van der Waals surface area contributed by atoms with E-state index < -0.39 is 0 Å². The van der Waals surface area contributed by atoms with Gasteiger partial charge in [0.15, 0.2) is 0 Å². The number of hydrogen-bond donors (Lipinski definition) is 1. The second kappa shape index (κ2) is 3.35. The molecule has 1 rings (SSSR count). The average molecular weight is 144 g/mol. The molecule has 0 heterocycles.